The summed E-state index contributed by atoms with van der Waals surface area (Å²) in [6.07, 6.45) is 2.48. The molecule has 0 heterocycles. The molecular formula is C21H20Cl2N2O5S. The molecule has 0 radical (unpaired) electrons. The van der Waals surface area contributed by atoms with E-state index in [1.54, 1.807) is 0 Å². The predicted octanol–water partition coefficient (Wildman–Crippen LogP) is 4.48. The van der Waals surface area contributed by atoms with Crippen molar-refractivity contribution in [3.05, 3.63) is 52.5 Å². The van der Waals surface area contributed by atoms with Gasteiger partial charge in [0.25, 0.3) is 10.0 Å². The molecule has 164 valence electrons. The van der Waals surface area contributed by atoms with Crippen molar-refractivity contribution in [2.75, 3.05) is 10.0 Å². The van der Waals surface area contributed by atoms with Crippen LogP contribution in [-0.4, -0.2) is 25.4 Å². The molecule has 4 atom stereocenters. The zero-order chi connectivity index (χ0) is 22.3. The minimum Gasteiger partial charge on any atom is -0.481 e. The lowest BCUT2D eigenvalue weighted by Gasteiger charge is -2.27. The summed E-state index contributed by atoms with van der Waals surface area (Å²) in [4.78, 5) is 24.4. The number of carboxylic acids is 1. The number of carboxylic acid groups (broad SMARTS) is 1. The first kappa shape index (κ1) is 21.9. The van der Waals surface area contributed by atoms with Crippen LogP contribution >= 0.6 is 23.2 Å². The highest BCUT2D eigenvalue weighted by Gasteiger charge is 2.53. The molecule has 2 bridgehead atoms. The van der Waals surface area contributed by atoms with Crippen molar-refractivity contribution in [2.45, 2.75) is 24.2 Å². The number of nitrogens with one attached hydrogen (secondary N) is 2. The zero-order valence-corrected chi connectivity index (χ0v) is 18.5. The number of sulfonamides is 1. The van der Waals surface area contributed by atoms with Gasteiger partial charge in [-0.05, 0) is 73.6 Å². The molecule has 2 aromatic carbocycles. The third kappa shape index (κ3) is 4.51. The summed E-state index contributed by atoms with van der Waals surface area (Å²) in [6, 6.07) is 10.0. The SMILES string of the molecule is O=C(O)[C@@H]1[C@H]2CC[C@@H](C2)[C@@H]1C(=O)Nc1ccc(S(=O)(=O)Nc2cc(Cl)cc(Cl)c2)cc1. The molecule has 2 aliphatic carbocycles. The van der Waals surface area contributed by atoms with Crippen molar-refractivity contribution in [1.82, 2.24) is 0 Å². The molecule has 0 unspecified atom stereocenters. The summed E-state index contributed by atoms with van der Waals surface area (Å²) < 4.78 is 27.7. The highest BCUT2D eigenvalue weighted by atomic mass is 35.5. The Morgan fingerprint density at radius 1 is 0.903 bits per heavy atom. The topological polar surface area (TPSA) is 113 Å². The lowest BCUT2D eigenvalue weighted by atomic mass is 9.78. The van der Waals surface area contributed by atoms with Crippen LogP contribution in [0, 0.1) is 23.7 Å². The molecule has 0 spiro atoms. The molecule has 4 rings (SSSR count). The highest BCUT2D eigenvalue weighted by molar-refractivity contribution is 7.92. The van der Waals surface area contributed by atoms with E-state index < -0.39 is 27.8 Å². The van der Waals surface area contributed by atoms with Gasteiger partial charge in [-0.15, -0.1) is 0 Å². The van der Waals surface area contributed by atoms with Crippen LogP contribution in [0.1, 0.15) is 19.3 Å². The van der Waals surface area contributed by atoms with Crippen molar-refractivity contribution in [3.8, 4) is 0 Å². The van der Waals surface area contributed by atoms with Gasteiger partial charge >= 0.3 is 5.97 Å². The van der Waals surface area contributed by atoms with E-state index in [0.29, 0.717) is 15.7 Å². The Balaban J connectivity index is 1.46. The predicted molar refractivity (Wildman–Crippen MR) is 118 cm³/mol. The summed E-state index contributed by atoms with van der Waals surface area (Å²) in [5.41, 5.74) is 0.632. The van der Waals surface area contributed by atoms with E-state index in [-0.39, 0.29) is 28.3 Å². The maximum atomic E-state index is 12.8. The van der Waals surface area contributed by atoms with Crippen molar-refractivity contribution in [3.63, 3.8) is 0 Å². The van der Waals surface area contributed by atoms with Crippen molar-refractivity contribution >= 4 is 56.5 Å². The van der Waals surface area contributed by atoms with Crippen LogP contribution in [0.15, 0.2) is 47.4 Å². The average Bonchev–Trinajstić information content (AvgIpc) is 3.28. The number of benzene rings is 2. The molecular weight excluding hydrogens is 463 g/mol. The lowest BCUT2D eigenvalue weighted by molar-refractivity contribution is -0.148. The number of hydrogen-bond acceptors (Lipinski definition) is 4. The molecule has 2 aromatic rings. The van der Waals surface area contributed by atoms with E-state index >= 15 is 0 Å². The van der Waals surface area contributed by atoms with Crippen molar-refractivity contribution in [1.29, 1.82) is 0 Å². The number of anilines is 2. The lowest BCUT2D eigenvalue weighted by Crippen LogP contribution is -2.37. The molecule has 2 saturated carbocycles. The molecule has 31 heavy (non-hydrogen) atoms. The summed E-state index contributed by atoms with van der Waals surface area (Å²) in [5.74, 6) is -2.35. The minimum atomic E-state index is -3.89. The zero-order valence-electron chi connectivity index (χ0n) is 16.2. The van der Waals surface area contributed by atoms with E-state index in [1.807, 2.05) is 0 Å². The Morgan fingerprint density at radius 2 is 1.48 bits per heavy atom. The van der Waals surface area contributed by atoms with E-state index in [4.69, 9.17) is 23.2 Å². The van der Waals surface area contributed by atoms with E-state index in [9.17, 15) is 23.1 Å². The van der Waals surface area contributed by atoms with E-state index in [0.717, 1.165) is 19.3 Å². The fourth-order valence-electron chi connectivity index (χ4n) is 4.79. The number of amides is 1. The van der Waals surface area contributed by atoms with Crippen molar-refractivity contribution < 1.29 is 23.1 Å². The van der Waals surface area contributed by atoms with Crippen LogP contribution in [0.4, 0.5) is 11.4 Å². The Bertz CT molecular complexity index is 1120. The van der Waals surface area contributed by atoms with Crippen LogP contribution in [0.3, 0.4) is 0 Å². The largest absolute Gasteiger partial charge is 0.481 e. The van der Waals surface area contributed by atoms with Gasteiger partial charge < -0.3 is 10.4 Å². The first-order valence-corrected chi connectivity index (χ1v) is 12.0. The van der Waals surface area contributed by atoms with Gasteiger partial charge in [0.2, 0.25) is 5.91 Å². The third-order valence-electron chi connectivity index (χ3n) is 6.05. The molecule has 10 heteroatoms. The number of hydrogen-bond donors (Lipinski definition) is 3. The Kier molecular flexibility index (Phi) is 5.89. The summed E-state index contributed by atoms with van der Waals surface area (Å²) in [6.45, 7) is 0. The first-order valence-electron chi connectivity index (χ1n) is 9.77. The fraction of sp³-hybridized carbons (Fsp3) is 0.333. The highest BCUT2D eigenvalue weighted by Crippen LogP contribution is 2.52. The molecule has 0 aromatic heterocycles. The maximum absolute atomic E-state index is 12.8. The minimum absolute atomic E-state index is 0.00932. The van der Waals surface area contributed by atoms with Gasteiger partial charge in [0.1, 0.15) is 0 Å². The number of carbonyl (C=O) groups is 2. The molecule has 7 nitrogen and oxygen atoms in total. The second kappa shape index (κ2) is 8.33. The molecule has 2 fully saturated rings. The standard InChI is InChI=1S/C21H20Cl2N2O5S/c22-13-8-14(23)10-16(9-13)25-31(29,30)17-5-3-15(4-6-17)24-20(26)18-11-1-2-12(7-11)19(18)21(27)28/h3-6,8-12,18-19,25H,1-2,7H2,(H,24,26)(H,27,28)/t11-,12-,18-,19+/m0/s1. The molecule has 3 N–H and O–H groups in total. The molecule has 1 amide bonds. The fourth-order valence-corrected chi connectivity index (χ4v) is 6.36. The number of fused-ring (bicyclic) bond motifs is 2. The maximum Gasteiger partial charge on any atom is 0.307 e. The second-order valence-corrected chi connectivity index (χ2v) is 10.6. The summed E-state index contributed by atoms with van der Waals surface area (Å²) >= 11 is 11.8. The normalized spacial score (nSPS) is 24.7. The third-order valence-corrected chi connectivity index (χ3v) is 7.88. The quantitative estimate of drug-likeness (QED) is 0.561. The second-order valence-electron chi connectivity index (χ2n) is 8.00. The number of carbonyl (C=O) groups excluding carboxylic acids is 1. The van der Waals surface area contributed by atoms with Gasteiger partial charge in [0, 0.05) is 15.7 Å². The Labute approximate surface area is 189 Å². The smallest absolute Gasteiger partial charge is 0.307 e. The van der Waals surface area contributed by atoms with E-state index in [1.165, 1.54) is 42.5 Å². The van der Waals surface area contributed by atoms with Gasteiger partial charge in [-0.1, -0.05) is 23.2 Å². The van der Waals surface area contributed by atoms with Crippen LogP contribution < -0.4 is 10.0 Å². The molecule has 2 aliphatic rings. The Morgan fingerprint density at radius 3 is 2.06 bits per heavy atom. The average molecular weight is 483 g/mol. The number of aliphatic carboxylic acids is 1. The monoisotopic (exact) mass is 482 g/mol. The summed E-state index contributed by atoms with van der Waals surface area (Å²) in [7, 11) is -3.89. The van der Waals surface area contributed by atoms with Crippen LogP contribution in [-0.2, 0) is 19.6 Å². The number of halogens is 2. The van der Waals surface area contributed by atoms with Crippen molar-refractivity contribution in [2.24, 2.45) is 23.7 Å². The van der Waals surface area contributed by atoms with Gasteiger partial charge in [0.05, 0.1) is 22.4 Å². The van der Waals surface area contributed by atoms with Gasteiger partial charge in [-0.3, -0.25) is 14.3 Å². The van der Waals surface area contributed by atoms with E-state index in [2.05, 4.69) is 10.0 Å². The van der Waals surface area contributed by atoms with Gasteiger partial charge in [0.15, 0.2) is 0 Å². The number of rotatable bonds is 6. The van der Waals surface area contributed by atoms with Crippen LogP contribution in [0.2, 0.25) is 10.0 Å². The molecule has 0 saturated heterocycles. The van der Waals surface area contributed by atoms with Crippen LogP contribution in [0.5, 0.6) is 0 Å². The Hall–Kier alpha value is -2.29. The molecule has 0 aliphatic heterocycles. The summed E-state index contributed by atoms with van der Waals surface area (Å²) in [5, 5.41) is 12.9. The van der Waals surface area contributed by atoms with Gasteiger partial charge in [-0.25, -0.2) is 8.42 Å². The first-order chi connectivity index (χ1) is 14.6. The van der Waals surface area contributed by atoms with Crippen LogP contribution in [0.25, 0.3) is 0 Å². The van der Waals surface area contributed by atoms with Gasteiger partial charge in [-0.2, -0.15) is 0 Å².